The summed E-state index contributed by atoms with van der Waals surface area (Å²) >= 11 is 0. The average molecular weight is 393 g/mol. The normalized spacial score (nSPS) is 11.4. The van der Waals surface area contributed by atoms with E-state index in [0.717, 1.165) is 55.3 Å². The fourth-order valence-electron chi connectivity index (χ4n) is 3.07. The first-order valence-corrected chi connectivity index (χ1v) is 9.75. The van der Waals surface area contributed by atoms with Gasteiger partial charge in [-0.05, 0) is 42.7 Å². The van der Waals surface area contributed by atoms with Crippen molar-refractivity contribution in [1.82, 2.24) is 30.5 Å². The molecule has 1 amide bonds. The van der Waals surface area contributed by atoms with Gasteiger partial charge in [0.1, 0.15) is 5.82 Å². The number of aromatic nitrogens is 3. The maximum Gasteiger partial charge on any atom is 0.251 e. The first kappa shape index (κ1) is 20.3. The van der Waals surface area contributed by atoms with E-state index >= 15 is 0 Å². The molecule has 0 aliphatic carbocycles. The van der Waals surface area contributed by atoms with Gasteiger partial charge in [0, 0.05) is 45.4 Å². The molecule has 0 bridgehead atoms. The van der Waals surface area contributed by atoms with Crippen LogP contribution in [0.1, 0.15) is 28.2 Å². The largest absolute Gasteiger partial charge is 0.356 e. The second-order valence-corrected chi connectivity index (χ2v) is 6.60. The van der Waals surface area contributed by atoms with Gasteiger partial charge in [-0.1, -0.05) is 18.2 Å². The summed E-state index contributed by atoms with van der Waals surface area (Å²) < 4.78 is 2.01. The molecule has 0 unspecified atom stereocenters. The molecule has 0 saturated heterocycles. The lowest BCUT2D eigenvalue weighted by Crippen LogP contribution is -2.38. The molecule has 152 valence electrons. The summed E-state index contributed by atoms with van der Waals surface area (Å²) in [5, 5.41) is 17.7. The Morgan fingerprint density at radius 3 is 2.76 bits per heavy atom. The molecule has 3 aromatic rings. The van der Waals surface area contributed by atoms with E-state index in [-0.39, 0.29) is 5.91 Å². The number of carbonyl (C=O) groups excluding carboxylic acids is 1. The van der Waals surface area contributed by atoms with E-state index in [0.29, 0.717) is 5.56 Å². The highest BCUT2D eigenvalue weighted by Crippen LogP contribution is 2.06. The van der Waals surface area contributed by atoms with Gasteiger partial charge in [0.15, 0.2) is 11.6 Å². The topological polar surface area (TPSA) is 95.7 Å². The SMILES string of the molecule is CN=C(NCCCc1nnc2ccccn12)NCCc1cccc(C(=O)NC)c1. The molecule has 0 spiro atoms. The van der Waals surface area contributed by atoms with Crippen LogP contribution in [0.4, 0.5) is 0 Å². The van der Waals surface area contributed by atoms with Crippen molar-refractivity contribution in [3.05, 3.63) is 65.6 Å². The number of nitrogens with zero attached hydrogens (tertiary/aromatic N) is 4. The zero-order valence-electron chi connectivity index (χ0n) is 16.9. The Kier molecular flexibility index (Phi) is 7.16. The summed E-state index contributed by atoms with van der Waals surface area (Å²) in [6.45, 7) is 1.51. The molecular formula is C21H27N7O. The van der Waals surface area contributed by atoms with Crippen LogP contribution in [0.2, 0.25) is 0 Å². The van der Waals surface area contributed by atoms with Gasteiger partial charge in [-0.25, -0.2) is 0 Å². The highest BCUT2D eigenvalue weighted by Gasteiger charge is 2.06. The number of aliphatic imine (C=N–C) groups is 1. The molecule has 8 nitrogen and oxygen atoms in total. The molecule has 2 heterocycles. The Morgan fingerprint density at radius 1 is 1.07 bits per heavy atom. The first-order valence-electron chi connectivity index (χ1n) is 9.75. The van der Waals surface area contributed by atoms with Crippen LogP contribution in [-0.4, -0.2) is 53.6 Å². The van der Waals surface area contributed by atoms with E-state index in [4.69, 9.17) is 0 Å². The van der Waals surface area contributed by atoms with Crippen LogP contribution >= 0.6 is 0 Å². The number of hydrogen-bond acceptors (Lipinski definition) is 4. The fraction of sp³-hybridized carbons (Fsp3) is 0.333. The third-order valence-corrected chi connectivity index (χ3v) is 4.60. The molecule has 8 heteroatoms. The quantitative estimate of drug-likeness (QED) is 0.306. The van der Waals surface area contributed by atoms with Gasteiger partial charge in [0.2, 0.25) is 0 Å². The molecule has 3 N–H and O–H groups in total. The van der Waals surface area contributed by atoms with Crippen molar-refractivity contribution in [2.75, 3.05) is 27.2 Å². The van der Waals surface area contributed by atoms with E-state index in [2.05, 4.69) is 31.1 Å². The second-order valence-electron chi connectivity index (χ2n) is 6.60. The summed E-state index contributed by atoms with van der Waals surface area (Å²) in [6.07, 6.45) is 4.54. The molecule has 0 aliphatic heterocycles. The number of pyridine rings is 1. The van der Waals surface area contributed by atoms with Crippen molar-refractivity contribution in [2.45, 2.75) is 19.3 Å². The van der Waals surface area contributed by atoms with Crippen molar-refractivity contribution < 1.29 is 4.79 Å². The van der Waals surface area contributed by atoms with E-state index in [9.17, 15) is 4.79 Å². The van der Waals surface area contributed by atoms with Gasteiger partial charge in [0.05, 0.1) is 0 Å². The Hall–Kier alpha value is -3.42. The van der Waals surface area contributed by atoms with Gasteiger partial charge in [-0.3, -0.25) is 14.2 Å². The second kappa shape index (κ2) is 10.2. The van der Waals surface area contributed by atoms with Crippen LogP contribution in [0.3, 0.4) is 0 Å². The summed E-state index contributed by atoms with van der Waals surface area (Å²) in [7, 11) is 3.39. The number of aryl methyl sites for hydroxylation is 1. The molecule has 0 radical (unpaired) electrons. The van der Waals surface area contributed by atoms with Gasteiger partial charge in [0.25, 0.3) is 5.91 Å². The minimum Gasteiger partial charge on any atom is -0.356 e. The predicted octanol–water partition coefficient (Wildman–Crippen LogP) is 1.43. The zero-order valence-corrected chi connectivity index (χ0v) is 16.9. The van der Waals surface area contributed by atoms with Crippen molar-refractivity contribution in [3.8, 4) is 0 Å². The number of benzene rings is 1. The predicted molar refractivity (Wildman–Crippen MR) is 114 cm³/mol. The number of fused-ring (bicyclic) bond motifs is 1. The van der Waals surface area contributed by atoms with Crippen molar-refractivity contribution in [1.29, 1.82) is 0 Å². The van der Waals surface area contributed by atoms with E-state index < -0.39 is 0 Å². The summed E-state index contributed by atoms with van der Waals surface area (Å²) in [4.78, 5) is 16.0. The molecule has 0 aliphatic rings. The van der Waals surface area contributed by atoms with Crippen LogP contribution in [-0.2, 0) is 12.8 Å². The minimum absolute atomic E-state index is 0.0715. The molecule has 0 fully saturated rings. The molecular weight excluding hydrogens is 366 g/mol. The highest BCUT2D eigenvalue weighted by molar-refractivity contribution is 5.94. The van der Waals surface area contributed by atoms with Crippen LogP contribution in [0.15, 0.2) is 53.7 Å². The summed E-state index contributed by atoms with van der Waals surface area (Å²) in [6, 6.07) is 13.5. The molecule has 2 aromatic heterocycles. The number of carbonyl (C=O) groups is 1. The van der Waals surface area contributed by atoms with Crippen LogP contribution in [0.25, 0.3) is 5.65 Å². The highest BCUT2D eigenvalue weighted by atomic mass is 16.1. The van der Waals surface area contributed by atoms with Crippen LogP contribution in [0.5, 0.6) is 0 Å². The Labute approximate surface area is 170 Å². The maximum atomic E-state index is 11.7. The maximum absolute atomic E-state index is 11.7. The average Bonchev–Trinajstić information content (AvgIpc) is 3.18. The molecule has 29 heavy (non-hydrogen) atoms. The lowest BCUT2D eigenvalue weighted by Gasteiger charge is -2.12. The molecule has 1 aromatic carbocycles. The number of hydrogen-bond donors (Lipinski definition) is 3. The minimum atomic E-state index is -0.0715. The van der Waals surface area contributed by atoms with Gasteiger partial charge in [-0.15, -0.1) is 10.2 Å². The van der Waals surface area contributed by atoms with Crippen molar-refractivity contribution in [3.63, 3.8) is 0 Å². The summed E-state index contributed by atoms with van der Waals surface area (Å²) in [5.74, 6) is 1.65. The monoisotopic (exact) mass is 393 g/mol. The Balaban J connectivity index is 1.40. The van der Waals surface area contributed by atoms with Gasteiger partial charge < -0.3 is 16.0 Å². The molecule has 3 rings (SSSR count). The third-order valence-electron chi connectivity index (χ3n) is 4.60. The van der Waals surface area contributed by atoms with Crippen LogP contribution in [0, 0.1) is 0 Å². The van der Waals surface area contributed by atoms with Crippen molar-refractivity contribution >= 4 is 17.5 Å². The van der Waals surface area contributed by atoms with Crippen molar-refractivity contribution in [2.24, 2.45) is 4.99 Å². The number of guanidine groups is 1. The number of amides is 1. The smallest absolute Gasteiger partial charge is 0.251 e. The van der Waals surface area contributed by atoms with E-state index in [1.807, 2.05) is 53.1 Å². The fourth-order valence-corrected chi connectivity index (χ4v) is 3.07. The lowest BCUT2D eigenvalue weighted by atomic mass is 10.1. The zero-order chi connectivity index (χ0) is 20.5. The lowest BCUT2D eigenvalue weighted by molar-refractivity contribution is 0.0963. The van der Waals surface area contributed by atoms with E-state index in [1.165, 1.54) is 0 Å². The molecule has 0 atom stereocenters. The number of nitrogens with one attached hydrogen (secondary N) is 3. The Bertz CT molecular complexity index is 980. The van der Waals surface area contributed by atoms with Gasteiger partial charge >= 0.3 is 0 Å². The standard InChI is InChI=1S/C21H27N7O/c1-22-20(29)17-8-5-7-16(15-17)11-13-25-21(23-2)24-12-6-10-19-27-26-18-9-3-4-14-28(18)19/h3-5,7-9,14-15H,6,10-13H2,1-2H3,(H,22,29)(H2,23,24,25). The first-order chi connectivity index (χ1) is 14.2. The van der Waals surface area contributed by atoms with Gasteiger partial charge in [-0.2, -0.15) is 0 Å². The number of rotatable bonds is 8. The molecule has 0 saturated carbocycles. The third kappa shape index (κ3) is 5.54. The summed E-state index contributed by atoms with van der Waals surface area (Å²) in [5.41, 5.74) is 2.65. The van der Waals surface area contributed by atoms with E-state index in [1.54, 1.807) is 14.1 Å². The van der Waals surface area contributed by atoms with Crippen LogP contribution < -0.4 is 16.0 Å². The Morgan fingerprint density at radius 2 is 1.93 bits per heavy atom.